The number of nitrogens with two attached hydrogens (primary N) is 1. The van der Waals surface area contributed by atoms with Crippen LogP contribution < -0.4 is 11.1 Å². The molecule has 0 unspecified atom stereocenters. The Morgan fingerprint density at radius 2 is 2.33 bits per heavy atom. The van der Waals surface area contributed by atoms with Crippen molar-refractivity contribution < 1.29 is 9.90 Å². The number of para-hydroxylation sites is 1. The average molecular weight is 206 g/mol. The highest BCUT2D eigenvalue weighted by Gasteiger charge is 1.99. The lowest BCUT2D eigenvalue weighted by molar-refractivity contribution is -0.118. The Kier molecular flexibility index (Phi) is 3.74. The minimum atomic E-state index is -0.0866. The van der Waals surface area contributed by atoms with E-state index < -0.39 is 0 Å². The third-order valence-electron chi connectivity index (χ3n) is 1.86. The number of carbonyl (C=O) groups is 1. The summed E-state index contributed by atoms with van der Waals surface area (Å²) in [4.78, 5) is 10.6. The molecule has 0 saturated heterocycles. The largest absolute Gasteiger partial charge is 0.505 e. The topological polar surface area (TPSA) is 75.4 Å². The molecule has 1 aromatic rings. The summed E-state index contributed by atoms with van der Waals surface area (Å²) in [7, 11) is 0. The number of anilines is 1. The third kappa shape index (κ3) is 3.34. The van der Waals surface area contributed by atoms with E-state index in [9.17, 15) is 9.90 Å². The number of carbonyl (C=O) groups excluding carboxylic acids is 1. The van der Waals surface area contributed by atoms with Gasteiger partial charge in [-0.2, -0.15) is 0 Å². The summed E-state index contributed by atoms with van der Waals surface area (Å²) in [6, 6.07) is 5.13. The lowest BCUT2D eigenvalue weighted by atomic mass is 10.1. The van der Waals surface area contributed by atoms with Gasteiger partial charge in [0.05, 0.1) is 5.69 Å². The van der Waals surface area contributed by atoms with Crippen molar-refractivity contribution in [3.63, 3.8) is 0 Å². The average Bonchev–Trinajstić information content (AvgIpc) is 2.18. The molecule has 0 atom stereocenters. The molecule has 0 saturated carbocycles. The van der Waals surface area contributed by atoms with E-state index >= 15 is 0 Å². The van der Waals surface area contributed by atoms with Gasteiger partial charge in [-0.3, -0.25) is 4.79 Å². The van der Waals surface area contributed by atoms with Crippen molar-refractivity contribution in [2.45, 2.75) is 6.92 Å². The summed E-state index contributed by atoms with van der Waals surface area (Å²) in [5.74, 6) is -0.0203. The van der Waals surface area contributed by atoms with E-state index in [1.165, 1.54) is 6.92 Å². The minimum Gasteiger partial charge on any atom is -0.505 e. The van der Waals surface area contributed by atoms with Crippen molar-refractivity contribution in [1.29, 1.82) is 0 Å². The number of nitrogens with one attached hydrogen (secondary N) is 1. The maximum Gasteiger partial charge on any atom is 0.217 e. The SMILES string of the molecule is CC(=O)NCC=Cc1cccc(N)c1O. The van der Waals surface area contributed by atoms with E-state index in [1.807, 2.05) is 0 Å². The number of aromatic hydroxyl groups is 1. The Morgan fingerprint density at radius 1 is 1.60 bits per heavy atom. The molecule has 0 aromatic heterocycles. The summed E-state index contributed by atoms with van der Waals surface area (Å²) in [5.41, 5.74) is 6.50. The molecule has 0 spiro atoms. The van der Waals surface area contributed by atoms with Crippen molar-refractivity contribution in [3.8, 4) is 5.75 Å². The van der Waals surface area contributed by atoms with Crippen molar-refractivity contribution in [2.75, 3.05) is 12.3 Å². The minimum absolute atomic E-state index is 0.0663. The molecule has 1 rings (SSSR count). The molecule has 80 valence electrons. The summed E-state index contributed by atoms with van der Waals surface area (Å²) in [5, 5.41) is 12.2. The van der Waals surface area contributed by atoms with Crippen LogP contribution in [0.15, 0.2) is 24.3 Å². The first-order valence-corrected chi connectivity index (χ1v) is 4.59. The van der Waals surface area contributed by atoms with E-state index in [2.05, 4.69) is 5.32 Å². The molecule has 4 N–H and O–H groups in total. The van der Waals surface area contributed by atoms with Gasteiger partial charge in [-0.25, -0.2) is 0 Å². The number of nitrogen functional groups attached to an aromatic ring is 1. The maximum atomic E-state index is 10.6. The van der Waals surface area contributed by atoms with Gasteiger partial charge in [0.2, 0.25) is 5.91 Å². The van der Waals surface area contributed by atoms with Crippen LogP contribution in [0.5, 0.6) is 5.75 Å². The normalized spacial score (nSPS) is 10.5. The van der Waals surface area contributed by atoms with E-state index in [0.717, 1.165) is 0 Å². The Balaban J connectivity index is 2.64. The van der Waals surface area contributed by atoms with Gasteiger partial charge in [-0.15, -0.1) is 0 Å². The van der Waals surface area contributed by atoms with E-state index in [0.29, 0.717) is 17.8 Å². The summed E-state index contributed by atoms with van der Waals surface area (Å²) < 4.78 is 0. The van der Waals surface area contributed by atoms with Crippen LogP contribution in [0.25, 0.3) is 6.08 Å². The Labute approximate surface area is 88.4 Å². The summed E-state index contributed by atoms with van der Waals surface area (Å²) in [6.07, 6.45) is 3.46. The zero-order valence-corrected chi connectivity index (χ0v) is 8.53. The fourth-order valence-electron chi connectivity index (χ4n) is 1.10. The van der Waals surface area contributed by atoms with E-state index in [1.54, 1.807) is 30.4 Å². The molecule has 1 aromatic carbocycles. The number of hydrogen-bond donors (Lipinski definition) is 3. The molecule has 0 aliphatic carbocycles. The summed E-state index contributed by atoms with van der Waals surface area (Å²) in [6.45, 7) is 1.88. The quantitative estimate of drug-likeness (QED) is 0.512. The zero-order chi connectivity index (χ0) is 11.3. The fourth-order valence-corrected chi connectivity index (χ4v) is 1.10. The molecule has 0 fully saturated rings. The smallest absolute Gasteiger partial charge is 0.217 e. The van der Waals surface area contributed by atoms with Gasteiger partial charge in [0, 0.05) is 19.0 Å². The van der Waals surface area contributed by atoms with Gasteiger partial charge in [-0.1, -0.05) is 24.3 Å². The molecular weight excluding hydrogens is 192 g/mol. The van der Waals surface area contributed by atoms with Crippen LogP contribution in [-0.4, -0.2) is 17.6 Å². The Morgan fingerprint density at radius 3 is 3.00 bits per heavy atom. The third-order valence-corrected chi connectivity index (χ3v) is 1.86. The molecule has 4 nitrogen and oxygen atoms in total. The molecule has 0 heterocycles. The highest BCUT2D eigenvalue weighted by atomic mass is 16.3. The Hall–Kier alpha value is -1.97. The lowest BCUT2D eigenvalue weighted by Gasteiger charge is -2.01. The van der Waals surface area contributed by atoms with E-state index in [4.69, 9.17) is 5.73 Å². The highest BCUT2D eigenvalue weighted by molar-refractivity contribution is 5.73. The fraction of sp³-hybridized carbons (Fsp3) is 0.182. The number of benzene rings is 1. The van der Waals surface area contributed by atoms with Gasteiger partial charge in [-0.05, 0) is 6.07 Å². The van der Waals surface area contributed by atoms with Crippen LogP contribution in [0.2, 0.25) is 0 Å². The van der Waals surface area contributed by atoms with Crippen molar-refractivity contribution >= 4 is 17.7 Å². The molecule has 1 amide bonds. The van der Waals surface area contributed by atoms with Crippen molar-refractivity contribution in [1.82, 2.24) is 5.32 Å². The molecule has 0 aliphatic rings. The number of phenols is 1. The standard InChI is InChI=1S/C11H14N2O2/c1-8(14)13-7-3-5-9-4-2-6-10(12)11(9)15/h2-6,15H,7,12H2,1H3,(H,13,14). The monoisotopic (exact) mass is 206 g/mol. The van der Waals surface area contributed by atoms with Crippen molar-refractivity contribution in [3.05, 3.63) is 29.8 Å². The second-order valence-electron chi connectivity index (χ2n) is 3.12. The second-order valence-corrected chi connectivity index (χ2v) is 3.12. The van der Waals surface area contributed by atoms with Crippen LogP contribution >= 0.6 is 0 Å². The molecular formula is C11H14N2O2. The van der Waals surface area contributed by atoms with Gasteiger partial charge in [0.1, 0.15) is 5.75 Å². The van der Waals surface area contributed by atoms with Gasteiger partial charge in [0.15, 0.2) is 0 Å². The van der Waals surface area contributed by atoms with Crippen LogP contribution in [0.1, 0.15) is 12.5 Å². The van der Waals surface area contributed by atoms with Crippen molar-refractivity contribution in [2.24, 2.45) is 0 Å². The second kappa shape index (κ2) is 5.05. The maximum absolute atomic E-state index is 10.6. The van der Waals surface area contributed by atoms with Gasteiger partial charge < -0.3 is 16.2 Å². The molecule has 15 heavy (non-hydrogen) atoms. The zero-order valence-electron chi connectivity index (χ0n) is 8.53. The number of rotatable bonds is 3. The van der Waals surface area contributed by atoms with Gasteiger partial charge >= 0.3 is 0 Å². The Bertz CT molecular complexity index is 386. The first kappa shape index (κ1) is 11.1. The number of hydrogen-bond acceptors (Lipinski definition) is 3. The van der Waals surface area contributed by atoms with Gasteiger partial charge in [0.25, 0.3) is 0 Å². The highest BCUT2D eigenvalue weighted by Crippen LogP contribution is 2.25. The molecule has 0 bridgehead atoms. The first-order valence-electron chi connectivity index (χ1n) is 4.59. The van der Waals surface area contributed by atoms with Crippen LogP contribution in [0.3, 0.4) is 0 Å². The predicted octanol–water partition coefficient (Wildman–Crippen LogP) is 1.12. The van der Waals surface area contributed by atoms with Crippen LogP contribution in [-0.2, 0) is 4.79 Å². The number of phenolic OH excluding ortho intramolecular Hbond substituents is 1. The van der Waals surface area contributed by atoms with Crippen LogP contribution in [0, 0.1) is 0 Å². The molecule has 0 radical (unpaired) electrons. The van der Waals surface area contributed by atoms with E-state index in [-0.39, 0.29) is 11.7 Å². The first-order chi connectivity index (χ1) is 7.11. The molecule has 0 aliphatic heterocycles. The summed E-state index contributed by atoms with van der Waals surface area (Å²) >= 11 is 0. The van der Waals surface area contributed by atoms with Crippen LogP contribution in [0.4, 0.5) is 5.69 Å². The lowest BCUT2D eigenvalue weighted by Crippen LogP contribution is -2.19. The number of amides is 1. The molecule has 4 heteroatoms. The predicted molar refractivity (Wildman–Crippen MR) is 60.2 cm³/mol.